The lowest BCUT2D eigenvalue weighted by atomic mass is 10.0. The van der Waals surface area contributed by atoms with Crippen LogP contribution in [0.1, 0.15) is 406 Å². The number of rotatable bonds is 66. The van der Waals surface area contributed by atoms with Crippen LogP contribution in [0.3, 0.4) is 0 Å². The molecule has 2 atom stereocenters. The van der Waals surface area contributed by atoms with Crippen LogP contribution in [0.25, 0.3) is 0 Å². The predicted octanol–water partition coefficient (Wildman–Crippen LogP) is 22.2. The molecule has 0 saturated heterocycles. The highest BCUT2D eigenvalue weighted by atomic mass is 16.5. The molecule has 0 spiro atoms. The van der Waals surface area contributed by atoms with Gasteiger partial charge in [-0.2, -0.15) is 0 Å². The van der Waals surface area contributed by atoms with Gasteiger partial charge in [0.2, 0.25) is 5.91 Å². The van der Waals surface area contributed by atoms with Crippen molar-refractivity contribution in [2.24, 2.45) is 0 Å². The van der Waals surface area contributed by atoms with E-state index in [-0.39, 0.29) is 18.5 Å². The highest BCUT2D eigenvalue weighted by Gasteiger charge is 2.20. The molecule has 0 aliphatic heterocycles. The molecule has 448 valence electrons. The second-order valence-corrected chi connectivity index (χ2v) is 24.2. The Hall–Kier alpha value is -1.14. The molecule has 0 aromatic heterocycles. The molecule has 6 heteroatoms. The topological polar surface area (TPSA) is 95.9 Å². The Morgan fingerprint density at radius 3 is 0.813 bits per heavy atom. The lowest BCUT2D eigenvalue weighted by Gasteiger charge is -2.22. The van der Waals surface area contributed by atoms with Crippen molar-refractivity contribution >= 4 is 11.9 Å². The van der Waals surface area contributed by atoms with Gasteiger partial charge in [-0.15, -0.1) is 0 Å². The van der Waals surface area contributed by atoms with E-state index in [0.29, 0.717) is 25.9 Å². The first kappa shape index (κ1) is 73.9. The zero-order valence-electron chi connectivity index (χ0n) is 51.3. The average Bonchev–Trinajstić information content (AvgIpc) is 3.41. The number of aliphatic hydroxyl groups excluding tert-OH is 2. The van der Waals surface area contributed by atoms with Crippen molar-refractivity contribution in [2.45, 2.75) is 418 Å². The van der Waals surface area contributed by atoms with Crippen molar-refractivity contribution in [1.82, 2.24) is 5.32 Å². The lowest BCUT2D eigenvalue weighted by Crippen LogP contribution is -2.45. The number of esters is 1. The van der Waals surface area contributed by atoms with Crippen LogP contribution in [0.4, 0.5) is 0 Å². The van der Waals surface area contributed by atoms with E-state index in [4.69, 9.17) is 4.74 Å². The molecule has 0 aliphatic rings. The van der Waals surface area contributed by atoms with Crippen LogP contribution >= 0.6 is 0 Å². The van der Waals surface area contributed by atoms with Crippen molar-refractivity contribution < 1.29 is 24.5 Å². The van der Waals surface area contributed by atoms with Gasteiger partial charge in [-0.25, -0.2) is 0 Å². The Morgan fingerprint density at radius 1 is 0.320 bits per heavy atom. The van der Waals surface area contributed by atoms with Crippen molar-refractivity contribution in [2.75, 3.05) is 13.2 Å². The SMILES string of the molecule is CCCCCCCCCCCCCCCCCCCCCC(=O)OCCCCCCCCCCCCCCCCCCCCCCCCCC(=O)NC(CO)C(O)CCCCCCCCCCCCCCCCCC. The first-order valence-corrected chi connectivity index (χ1v) is 34.8. The van der Waals surface area contributed by atoms with Gasteiger partial charge < -0.3 is 20.3 Å². The molecule has 1 amide bonds. The zero-order chi connectivity index (χ0) is 54.3. The molecule has 0 aromatic carbocycles. The van der Waals surface area contributed by atoms with Gasteiger partial charge in [-0.05, 0) is 25.7 Å². The summed E-state index contributed by atoms with van der Waals surface area (Å²) in [5.41, 5.74) is 0. The number of hydrogen-bond acceptors (Lipinski definition) is 5. The number of carbonyl (C=O) groups is 2. The van der Waals surface area contributed by atoms with Crippen LogP contribution in [0, 0.1) is 0 Å². The standard InChI is InChI=1S/C69H137NO5/c1-3-5-7-9-11-13-15-17-19-21-27-31-35-39-43-47-51-55-59-63-69(74)75-64-60-56-52-48-44-40-36-32-29-26-24-22-23-25-28-30-34-38-42-46-50-54-58-62-68(73)70-66(65-71)67(72)61-57-53-49-45-41-37-33-20-18-16-14-12-10-8-6-4-2/h66-67,71-72H,3-65H2,1-2H3,(H,70,73). The van der Waals surface area contributed by atoms with Crippen molar-refractivity contribution in [3.05, 3.63) is 0 Å². The Labute approximate surface area is 470 Å². The van der Waals surface area contributed by atoms with Gasteiger partial charge in [0, 0.05) is 12.8 Å². The van der Waals surface area contributed by atoms with E-state index >= 15 is 0 Å². The fourth-order valence-corrected chi connectivity index (χ4v) is 11.4. The third kappa shape index (κ3) is 61.9. The molecule has 0 fully saturated rings. The van der Waals surface area contributed by atoms with Gasteiger partial charge in [0.25, 0.3) is 0 Å². The number of aliphatic hydroxyl groups is 2. The molecule has 6 nitrogen and oxygen atoms in total. The molecule has 0 aromatic rings. The van der Waals surface area contributed by atoms with Gasteiger partial charge in [-0.3, -0.25) is 9.59 Å². The summed E-state index contributed by atoms with van der Waals surface area (Å²) in [4.78, 5) is 24.6. The van der Waals surface area contributed by atoms with E-state index in [9.17, 15) is 19.8 Å². The summed E-state index contributed by atoms with van der Waals surface area (Å²) in [6.07, 6.45) is 78.6. The summed E-state index contributed by atoms with van der Waals surface area (Å²) < 4.78 is 5.51. The molecule has 0 aliphatic carbocycles. The summed E-state index contributed by atoms with van der Waals surface area (Å²) in [6, 6.07) is -0.540. The normalized spacial score (nSPS) is 12.4. The second kappa shape index (κ2) is 65.4. The summed E-state index contributed by atoms with van der Waals surface area (Å²) in [6.45, 7) is 5.00. The van der Waals surface area contributed by atoms with Crippen molar-refractivity contribution in [3.8, 4) is 0 Å². The van der Waals surface area contributed by atoms with E-state index in [0.717, 1.165) is 38.5 Å². The third-order valence-corrected chi connectivity index (χ3v) is 16.7. The van der Waals surface area contributed by atoms with E-state index < -0.39 is 12.1 Å². The number of amides is 1. The highest BCUT2D eigenvalue weighted by Crippen LogP contribution is 2.19. The molecule has 0 rings (SSSR count). The van der Waals surface area contributed by atoms with Crippen LogP contribution in [0.5, 0.6) is 0 Å². The summed E-state index contributed by atoms with van der Waals surface area (Å²) in [5.74, 6) is -0.00969. The van der Waals surface area contributed by atoms with Crippen LogP contribution < -0.4 is 5.32 Å². The monoisotopic (exact) mass is 1060 g/mol. The summed E-state index contributed by atoms with van der Waals surface area (Å²) in [5, 5.41) is 23.3. The fourth-order valence-electron chi connectivity index (χ4n) is 11.4. The Kier molecular flexibility index (Phi) is 64.4. The van der Waals surface area contributed by atoms with E-state index in [1.54, 1.807) is 0 Å². The Balaban J connectivity index is 3.33. The largest absolute Gasteiger partial charge is 0.466 e. The number of ether oxygens (including phenoxy) is 1. The Morgan fingerprint density at radius 2 is 0.547 bits per heavy atom. The summed E-state index contributed by atoms with van der Waals surface area (Å²) in [7, 11) is 0. The maximum atomic E-state index is 12.5. The van der Waals surface area contributed by atoms with Crippen LogP contribution in [0.15, 0.2) is 0 Å². The van der Waals surface area contributed by atoms with Gasteiger partial charge in [0.1, 0.15) is 0 Å². The minimum absolute atomic E-state index is 0.0206. The second-order valence-electron chi connectivity index (χ2n) is 24.2. The minimum Gasteiger partial charge on any atom is -0.466 e. The quantitative estimate of drug-likeness (QED) is 0.0417. The van der Waals surface area contributed by atoms with E-state index in [2.05, 4.69) is 19.2 Å². The van der Waals surface area contributed by atoms with E-state index in [1.807, 2.05) is 0 Å². The molecule has 2 unspecified atom stereocenters. The molecule has 0 heterocycles. The summed E-state index contributed by atoms with van der Waals surface area (Å²) >= 11 is 0. The fraction of sp³-hybridized carbons (Fsp3) is 0.971. The molecule has 0 bridgehead atoms. The van der Waals surface area contributed by atoms with Gasteiger partial charge >= 0.3 is 5.97 Å². The number of unbranched alkanes of at least 4 members (excludes halogenated alkanes) is 55. The van der Waals surface area contributed by atoms with Crippen LogP contribution in [0.2, 0.25) is 0 Å². The maximum absolute atomic E-state index is 12.5. The molecular weight excluding hydrogens is 923 g/mol. The number of hydrogen-bond donors (Lipinski definition) is 3. The van der Waals surface area contributed by atoms with Crippen molar-refractivity contribution in [1.29, 1.82) is 0 Å². The van der Waals surface area contributed by atoms with Crippen LogP contribution in [-0.2, 0) is 14.3 Å². The van der Waals surface area contributed by atoms with Crippen LogP contribution in [-0.4, -0.2) is 47.4 Å². The smallest absolute Gasteiger partial charge is 0.305 e. The number of carbonyl (C=O) groups excluding carboxylic acids is 2. The maximum Gasteiger partial charge on any atom is 0.305 e. The Bertz CT molecular complexity index is 1080. The average molecular weight is 1060 g/mol. The first-order valence-electron chi connectivity index (χ1n) is 34.8. The molecule has 0 saturated carbocycles. The third-order valence-electron chi connectivity index (χ3n) is 16.7. The zero-order valence-corrected chi connectivity index (χ0v) is 51.3. The van der Waals surface area contributed by atoms with Gasteiger partial charge in [0.15, 0.2) is 0 Å². The first-order chi connectivity index (χ1) is 37.0. The highest BCUT2D eigenvalue weighted by molar-refractivity contribution is 5.76. The van der Waals surface area contributed by atoms with Gasteiger partial charge in [0.05, 0.1) is 25.4 Å². The number of nitrogens with one attached hydrogen (secondary N) is 1. The van der Waals surface area contributed by atoms with E-state index in [1.165, 1.54) is 334 Å². The lowest BCUT2D eigenvalue weighted by molar-refractivity contribution is -0.143. The minimum atomic E-state index is -0.663. The van der Waals surface area contributed by atoms with Crippen molar-refractivity contribution in [3.63, 3.8) is 0 Å². The molecule has 0 radical (unpaired) electrons. The molecule has 3 N–H and O–H groups in total. The van der Waals surface area contributed by atoms with Gasteiger partial charge in [-0.1, -0.05) is 367 Å². The molecule has 75 heavy (non-hydrogen) atoms. The molecular formula is C69H137NO5. The predicted molar refractivity (Wildman–Crippen MR) is 329 cm³/mol.